The molecule has 0 aliphatic carbocycles. The first-order chi connectivity index (χ1) is 8.49. The van der Waals surface area contributed by atoms with Crippen molar-refractivity contribution >= 4 is 21.5 Å². The minimum atomic E-state index is -3.65. The molecule has 0 aliphatic heterocycles. The Labute approximate surface area is 105 Å². The Balaban J connectivity index is 2.33. The summed E-state index contributed by atoms with van der Waals surface area (Å²) in [7, 11) is -3.65. The van der Waals surface area contributed by atoms with E-state index in [9.17, 15) is 8.42 Å². The van der Waals surface area contributed by atoms with Crippen LogP contribution in [0.1, 0.15) is 5.56 Å². The highest BCUT2D eigenvalue weighted by Crippen LogP contribution is 2.18. The van der Waals surface area contributed by atoms with Crippen molar-refractivity contribution in [3.63, 3.8) is 0 Å². The number of nitrogens with zero attached hydrogens (tertiary/aromatic N) is 2. The number of pyridine rings is 2. The average Bonchev–Trinajstić information content (AvgIpc) is 2.32. The second-order valence-electron chi connectivity index (χ2n) is 3.71. The van der Waals surface area contributed by atoms with E-state index in [1.807, 2.05) is 0 Å². The molecule has 0 aromatic carbocycles. The summed E-state index contributed by atoms with van der Waals surface area (Å²) >= 11 is 0. The lowest BCUT2D eigenvalue weighted by Crippen LogP contribution is -2.14. The molecule has 0 radical (unpaired) electrons. The van der Waals surface area contributed by atoms with Crippen LogP contribution in [0.15, 0.2) is 41.7 Å². The molecule has 0 atom stereocenters. The molecule has 0 aliphatic rings. The minimum absolute atomic E-state index is 0.0629. The number of anilines is 2. The van der Waals surface area contributed by atoms with Crippen LogP contribution in [0.2, 0.25) is 0 Å². The lowest BCUT2D eigenvalue weighted by Gasteiger charge is -2.09. The summed E-state index contributed by atoms with van der Waals surface area (Å²) in [5.41, 5.74) is 6.64. The van der Waals surface area contributed by atoms with Gasteiger partial charge in [0.05, 0.1) is 5.69 Å². The van der Waals surface area contributed by atoms with E-state index >= 15 is 0 Å². The van der Waals surface area contributed by atoms with Gasteiger partial charge in [0.15, 0.2) is 0 Å². The predicted molar refractivity (Wildman–Crippen MR) is 68.4 cm³/mol. The number of hydrogen-bond donors (Lipinski definition) is 2. The number of nitrogen functional groups attached to an aromatic ring is 1. The van der Waals surface area contributed by atoms with Gasteiger partial charge in [0, 0.05) is 18.6 Å². The van der Waals surface area contributed by atoms with Crippen LogP contribution in [0.5, 0.6) is 0 Å². The SMILES string of the molecule is Cc1cnccc1NS(=O)(=O)c1ccc(N)nc1. The van der Waals surface area contributed by atoms with Gasteiger partial charge in [-0.15, -0.1) is 0 Å². The summed E-state index contributed by atoms with van der Waals surface area (Å²) in [4.78, 5) is 7.71. The molecule has 6 nitrogen and oxygen atoms in total. The molecule has 0 saturated heterocycles. The highest BCUT2D eigenvalue weighted by atomic mass is 32.2. The third kappa shape index (κ3) is 2.57. The van der Waals surface area contributed by atoms with Crippen molar-refractivity contribution in [1.82, 2.24) is 9.97 Å². The quantitative estimate of drug-likeness (QED) is 0.867. The fourth-order valence-electron chi connectivity index (χ4n) is 1.34. The van der Waals surface area contributed by atoms with Gasteiger partial charge in [-0.1, -0.05) is 0 Å². The van der Waals surface area contributed by atoms with Gasteiger partial charge in [0.25, 0.3) is 10.0 Å². The predicted octanol–water partition coefficient (Wildman–Crippen LogP) is 1.17. The van der Waals surface area contributed by atoms with Gasteiger partial charge in [0.1, 0.15) is 10.7 Å². The molecule has 3 N–H and O–H groups in total. The molecular formula is C11H12N4O2S. The van der Waals surface area contributed by atoms with Gasteiger partial charge in [-0.2, -0.15) is 0 Å². The molecule has 94 valence electrons. The number of aryl methyl sites for hydroxylation is 1. The third-order valence-electron chi connectivity index (χ3n) is 2.33. The maximum absolute atomic E-state index is 12.1. The van der Waals surface area contributed by atoms with Crippen LogP contribution < -0.4 is 10.5 Å². The molecule has 0 saturated carbocycles. The molecule has 0 spiro atoms. The Bertz CT molecular complexity index is 653. The van der Waals surface area contributed by atoms with E-state index in [0.717, 1.165) is 5.56 Å². The molecule has 0 amide bonds. The van der Waals surface area contributed by atoms with E-state index in [1.165, 1.54) is 24.5 Å². The number of hydrogen-bond acceptors (Lipinski definition) is 5. The number of rotatable bonds is 3. The fourth-order valence-corrected chi connectivity index (χ4v) is 2.42. The Morgan fingerprint density at radius 1 is 1.22 bits per heavy atom. The molecule has 2 aromatic rings. The van der Waals surface area contributed by atoms with Crippen LogP contribution in [0.25, 0.3) is 0 Å². The van der Waals surface area contributed by atoms with Crippen LogP contribution in [0.4, 0.5) is 11.5 Å². The highest BCUT2D eigenvalue weighted by Gasteiger charge is 2.15. The van der Waals surface area contributed by atoms with Crippen molar-refractivity contribution in [3.8, 4) is 0 Å². The molecule has 7 heteroatoms. The molecule has 0 unspecified atom stereocenters. The molecule has 0 fully saturated rings. The number of nitrogens with two attached hydrogens (primary N) is 1. The lowest BCUT2D eigenvalue weighted by molar-refractivity contribution is 0.601. The normalized spacial score (nSPS) is 11.2. The topological polar surface area (TPSA) is 98.0 Å². The average molecular weight is 264 g/mol. The smallest absolute Gasteiger partial charge is 0.263 e. The largest absolute Gasteiger partial charge is 0.384 e. The summed E-state index contributed by atoms with van der Waals surface area (Å²) in [6, 6.07) is 4.44. The van der Waals surface area contributed by atoms with Crippen molar-refractivity contribution in [3.05, 3.63) is 42.4 Å². The zero-order chi connectivity index (χ0) is 13.2. The van der Waals surface area contributed by atoms with Gasteiger partial charge < -0.3 is 5.73 Å². The summed E-state index contributed by atoms with van der Waals surface area (Å²) in [5, 5.41) is 0. The number of nitrogens with one attached hydrogen (secondary N) is 1. The zero-order valence-electron chi connectivity index (χ0n) is 9.66. The van der Waals surface area contributed by atoms with Gasteiger partial charge in [-0.25, -0.2) is 13.4 Å². The maximum Gasteiger partial charge on any atom is 0.263 e. The Morgan fingerprint density at radius 3 is 2.61 bits per heavy atom. The van der Waals surface area contributed by atoms with Gasteiger partial charge >= 0.3 is 0 Å². The fraction of sp³-hybridized carbons (Fsp3) is 0.0909. The summed E-state index contributed by atoms with van der Waals surface area (Å²) < 4.78 is 26.6. The lowest BCUT2D eigenvalue weighted by atomic mass is 10.3. The minimum Gasteiger partial charge on any atom is -0.384 e. The third-order valence-corrected chi connectivity index (χ3v) is 3.68. The maximum atomic E-state index is 12.1. The van der Waals surface area contributed by atoms with Gasteiger partial charge in [-0.3, -0.25) is 9.71 Å². The molecule has 18 heavy (non-hydrogen) atoms. The van der Waals surface area contributed by atoms with Gasteiger partial charge in [0.2, 0.25) is 0 Å². The Morgan fingerprint density at radius 2 is 2.00 bits per heavy atom. The van der Waals surface area contributed by atoms with Crippen LogP contribution in [0.3, 0.4) is 0 Å². The van der Waals surface area contributed by atoms with Crippen LogP contribution in [0, 0.1) is 6.92 Å². The van der Waals surface area contributed by atoms with E-state index in [2.05, 4.69) is 14.7 Å². The van der Waals surface area contributed by atoms with Crippen molar-refractivity contribution in [2.45, 2.75) is 11.8 Å². The van der Waals surface area contributed by atoms with E-state index in [4.69, 9.17) is 5.73 Å². The highest BCUT2D eigenvalue weighted by molar-refractivity contribution is 7.92. The van der Waals surface area contributed by atoms with E-state index in [1.54, 1.807) is 19.2 Å². The molecule has 0 bridgehead atoms. The van der Waals surface area contributed by atoms with Crippen LogP contribution in [-0.4, -0.2) is 18.4 Å². The summed E-state index contributed by atoms with van der Waals surface area (Å²) in [5.74, 6) is 0.272. The molecule has 2 aromatic heterocycles. The van der Waals surface area contributed by atoms with Crippen molar-refractivity contribution < 1.29 is 8.42 Å². The van der Waals surface area contributed by atoms with Crippen LogP contribution in [-0.2, 0) is 10.0 Å². The first kappa shape index (κ1) is 12.3. The van der Waals surface area contributed by atoms with E-state index in [-0.39, 0.29) is 10.7 Å². The van der Waals surface area contributed by atoms with Crippen molar-refractivity contribution in [2.75, 3.05) is 10.5 Å². The van der Waals surface area contributed by atoms with E-state index < -0.39 is 10.0 Å². The zero-order valence-corrected chi connectivity index (χ0v) is 10.5. The first-order valence-electron chi connectivity index (χ1n) is 5.14. The van der Waals surface area contributed by atoms with E-state index in [0.29, 0.717) is 5.69 Å². The molecule has 2 rings (SSSR count). The number of sulfonamides is 1. The number of aromatic nitrogens is 2. The summed E-state index contributed by atoms with van der Waals surface area (Å²) in [6.07, 6.45) is 4.32. The summed E-state index contributed by atoms with van der Waals surface area (Å²) in [6.45, 7) is 1.77. The van der Waals surface area contributed by atoms with Gasteiger partial charge in [-0.05, 0) is 30.7 Å². The standard InChI is InChI=1S/C11H12N4O2S/c1-8-6-13-5-4-10(8)15-18(16,17)9-2-3-11(12)14-7-9/h2-7H,1H3,(H2,12,14)(H,13,15). The molecule has 2 heterocycles. The van der Waals surface area contributed by atoms with Crippen molar-refractivity contribution in [2.24, 2.45) is 0 Å². The van der Waals surface area contributed by atoms with Crippen LogP contribution >= 0.6 is 0 Å². The Kier molecular flexibility index (Phi) is 3.15. The second-order valence-corrected chi connectivity index (χ2v) is 5.40. The van der Waals surface area contributed by atoms with Crippen molar-refractivity contribution in [1.29, 1.82) is 0 Å². The monoisotopic (exact) mass is 264 g/mol. The second kappa shape index (κ2) is 4.61. The first-order valence-corrected chi connectivity index (χ1v) is 6.62. The Hall–Kier alpha value is -2.15. The molecular weight excluding hydrogens is 252 g/mol.